The third-order valence-electron chi connectivity index (χ3n) is 4.09. The minimum Gasteiger partial charge on any atom is -0.481 e. The highest BCUT2D eigenvalue weighted by Crippen LogP contribution is 2.38. The van der Waals surface area contributed by atoms with Crippen LogP contribution in [0.25, 0.3) is 0 Å². The summed E-state index contributed by atoms with van der Waals surface area (Å²) in [6.07, 6.45) is 4.02. The van der Waals surface area contributed by atoms with Gasteiger partial charge in [-0.25, -0.2) is 13.2 Å². The van der Waals surface area contributed by atoms with E-state index in [-0.39, 0.29) is 12.3 Å². The standard InChI is InChI=1S/C15H17F3O2/c16-12-7-11(8-13(17)15(12)18)10-4-1-9(2-5-10)3-6-14(19)20/h7-10H,1-6H2,(H,19,20). The third kappa shape index (κ3) is 3.52. The van der Waals surface area contributed by atoms with Crippen LogP contribution in [0.2, 0.25) is 0 Å². The molecule has 0 spiro atoms. The van der Waals surface area contributed by atoms with Gasteiger partial charge in [0.15, 0.2) is 17.5 Å². The predicted molar refractivity (Wildman–Crippen MR) is 67.9 cm³/mol. The van der Waals surface area contributed by atoms with Gasteiger partial charge >= 0.3 is 5.97 Å². The molecule has 1 aliphatic carbocycles. The first-order valence-corrected chi connectivity index (χ1v) is 6.83. The molecule has 2 nitrogen and oxygen atoms in total. The van der Waals surface area contributed by atoms with Gasteiger partial charge < -0.3 is 5.11 Å². The van der Waals surface area contributed by atoms with Gasteiger partial charge in [-0.05, 0) is 61.6 Å². The average molecular weight is 286 g/mol. The Hall–Kier alpha value is -1.52. The van der Waals surface area contributed by atoms with Crippen molar-refractivity contribution in [3.8, 4) is 0 Å². The molecule has 0 radical (unpaired) electrons. The molecule has 0 aromatic heterocycles. The second-order valence-corrected chi connectivity index (χ2v) is 5.45. The zero-order valence-corrected chi connectivity index (χ0v) is 11.0. The summed E-state index contributed by atoms with van der Waals surface area (Å²) in [5, 5.41) is 8.64. The van der Waals surface area contributed by atoms with Crippen molar-refractivity contribution in [3.05, 3.63) is 35.1 Å². The van der Waals surface area contributed by atoms with Crippen LogP contribution in [0.15, 0.2) is 12.1 Å². The molecule has 0 bridgehead atoms. The number of carboxylic acid groups (broad SMARTS) is 1. The summed E-state index contributed by atoms with van der Waals surface area (Å²) in [5.41, 5.74) is 0.498. The lowest BCUT2D eigenvalue weighted by Crippen LogP contribution is -2.15. The second kappa shape index (κ2) is 6.29. The molecule has 20 heavy (non-hydrogen) atoms. The molecule has 1 saturated carbocycles. The molecule has 5 heteroatoms. The number of halogens is 3. The van der Waals surface area contributed by atoms with E-state index in [4.69, 9.17) is 5.11 Å². The summed E-state index contributed by atoms with van der Waals surface area (Å²) >= 11 is 0. The van der Waals surface area contributed by atoms with E-state index < -0.39 is 23.4 Å². The fraction of sp³-hybridized carbons (Fsp3) is 0.533. The van der Waals surface area contributed by atoms with Crippen LogP contribution in [0.4, 0.5) is 13.2 Å². The summed E-state index contributed by atoms with van der Waals surface area (Å²) in [4.78, 5) is 10.5. The molecule has 0 atom stereocenters. The van der Waals surface area contributed by atoms with Crippen LogP contribution in [0.3, 0.4) is 0 Å². The van der Waals surface area contributed by atoms with Crippen LogP contribution < -0.4 is 0 Å². The maximum atomic E-state index is 13.2. The fourth-order valence-corrected chi connectivity index (χ4v) is 2.92. The van der Waals surface area contributed by atoms with Crippen LogP contribution in [0.1, 0.15) is 50.0 Å². The summed E-state index contributed by atoms with van der Waals surface area (Å²) < 4.78 is 39.3. The van der Waals surface area contributed by atoms with Gasteiger partial charge in [-0.2, -0.15) is 0 Å². The number of aliphatic carboxylic acids is 1. The van der Waals surface area contributed by atoms with E-state index in [1.165, 1.54) is 0 Å². The topological polar surface area (TPSA) is 37.3 Å². The summed E-state index contributed by atoms with van der Waals surface area (Å²) in [6.45, 7) is 0. The molecular weight excluding hydrogens is 269 g/mol. The smallest absolute Gasteiger partial charge is 0.303 e. The highest BCUT2D eigenvalue weighted by molar-refractivity contribution is 5.66. The molecule has 110 valence electrons. The monoisotopic (exact) mass is 286 g/mol. The normalized spacial score (nSPS) is 22.8. The van der Waals surface area contributed by atoms with Crippen LogP contribution >= 0.6 is 0 Å². The molecule has 1 aromatic rings. The molecule has 0 saturated heterocycles. The summed E-state index contributed by atoms with van der Waals surface area (Å²) in [5.74, 6) is -4.13. The molecule has 1 fully saturated rings. The zero-order chi connectivity index (χ0) is 14.7. The molecule has 0 heterocycles. The van der Waals surface area contributed by atoms with Gasteiger partial charge in [0.2, 0.25) is 0 Å². The van der Waals surface area contributed by atoms with Crippen molar-refractivity contribution in [1.29, 1.82) is 0 Å². The van der Waals surface area contributed by atoms with E-state index in [0.717, 1.165) is 37.8 Å². The van der Waals surface area contributed by atoms with Gasteiger partial charge in [0.25, 0.3) is 0 Å². The summed E-state index contributed by atoms with van der Waals surface area (Å²) in [7, 11) is 0. The Bertz CT molecular complexity index is 471. The quantitative estimate of drug-likeness (QED) is 0.840. The van der Waals surface area contributed by atoms with Crippen molar-refractivity contribution in [2.45, 2.75) is 44.4 Å². The minimum atomic E-state index is -1.43. The van der Waals surface area contributed by atoms with Crippen molar-refractivity contribution in [3.63, 3.8) is 0 Å². The van der Waals surface area contributed by atoms with Crippen molar-refractivity contribution in [1.82, 2.24) is 0 Å². The maximum Gasteiger partial charge on any atom is 0.303 e. The lowest BCUT2D eigenvalue weighted by molar-refractivity contribution is -0.137. The van der Waals surface area contributed by atoms with Gasteiger partial charge in [0, 0.05) is 6.42 Å². The molecule has 0 amide bonds. The highest BCUT2D eigenvalue weighted by atomic mass is 19.2. The van der Waals surface area contributed by atoms with Gasteiger partial charge in [-0.1, -0.05) is 0 Å². The lowest BCUT2D eigenvalue weighted by atomic mass is 9.77. The van der Waals surface area contributed by atoms with Crippen molar-refractivity contribution in [2.24, 2.45) is 5.92 Å². The van der Waals surface area contributed by atoms with Gasteiger partial charge in [0.05, 0.1) is 0 Å². The predicted octanol–water partition coefficient (Wildman–Crippen LogP) is 4.24. The first-order valence-electron chi connectivity index (χ1n) is 6.83. The summed E-state index contributed by atoms with van der Waals surface area (Å²) in [6, 6.07) is 2.14. The SMILES string of the molecule is O=C(O)CCC1CCC(c2cc(F)c(F)c(F)c2)CC1. The molecular formula is C15H17F3O2. The van der Waals surface area contributed by atoms with E-state index in [9.17, 15) is 18.0 Å². The van der Waals surface area contributed by atoms with E-state index in [0.29, 0.717) is 17.9 Å². The Kier molecular flexibility index (Phi) is 4.68. The number of rotatable bonds is 4. The molecule has 1 aliphatic rings. The Balaban J connectivity index is 1.95. The first kappa shape index (κ1) is 14.9. The van der Waals surface area contributed by atoms with Crippen molar-refractivity contribution >= 4 is 5.97 Å². The molecule has 2 rings (SSSR count). The average Bonchev–Trinajstić information content (AvgIpc) is 2.42. The number of hydrogen-bond donors (Lipinski definition) is 1. The van der Waals surface area contributed by atoms with E-state index in [1.54, 1.807) is 0 Å². The van der Waals surface area contributed by atoms with Crippen LogP contribution in [-0.2, 0) is 4.79 Å². The Labute approximate surface area is 115 Å². The maximum absolute atomic E-state index is 13.2. The number of carbonyl (C=O) groups is 1. The Morgan fingerprint density at radius 1 is 1.10 bits per heavy atom. The molecule has 1 N–H and O–H groups in total. The van der Waals surface area contributed by atoms with Crippen LogP contribution in [-0.4, -0.2) is 11.1 Å². The number of benzene rings is 1. The fourth-order valence-electron chi connectivity index (χ4n) is 2.92. The van der Waals surface area contributed by atoms with Crippen LogP contribution in [0, 0.1) is 23.4 Å². The minimum absolute atomic E-state index is 0.0284. The first-order chi connectivity index (χ1) is 9.47. The van der Waals surface area contributed by atoms with E-state index in [1.807, 2.05) is 0 Å². The second-order valence-electron chi connectivity index (χ2n) is 5.45. The van der Waals surface area contributed by atoms with Gasteiger partial charge in [-0.3, -0.25) is 4.79 Å². The van der Waals surface area contributed by atoms with Crippen molar-refractivity contribution < 1.29 is 23.1 Å². The Morgan fingerprint density at radius 2 is 1.65 bits per heavy atom. The van der Waals surface area contributed by atoms with Crippen molar-refractivity contribution in [2.75, 3.05) is 0 Å². The molecule has 1 aromatic carbocycles. The van der Waals surface area contributed by atoms with E-state index in [2.05, 4.69) is 0 Å². The molecule has 0 aliphatic heterocycles. The lowest BCUT2D eigenvalue weighted by Gasteiger charge is -2.28. The van der Waals surface area contributed by atoms with E-state index >= 15 is 0 Å². The van der Waals surface area contributed by atoms with Gasteiger partial charge in [-0.15, -0.1) is 0 Å². The zero-order valence-electron chi connectivity index (χ0n) is 11.0. The van der Waals surface area contributed by atoms with Gasteiger partial charge in [0.1, 0.15) is 0 Å². The third-order valence-corrected chi connectivity index (χ3v) is 4.09. The number of hydrogen-bond acceptors (Lipinski definition) is 1. The Morgan fingerprint density at radius 3 is 2.15 bits per heavy atom. The highest BCUT2D eigenvalue weighted by Gasteiger charge is 2.24. The largest absolute Gasteiger partial charge is 0.481 e. The molecule has 0 unspecified atom stereocenters. The number of carboxylic acids is 1. The van der Waals surface area contributed by atoms with Crippen LogP contribution in [0.5, 0.6) is 0 Å².